The van der Waals surface area contributed by atoms with Crippen LogP contribution >= 0.6 is 11.3 Å². The summed E-state index contributed by atoms with van der Waals surface area (Å²) in [6, 6.07) is 47.4. The Bertz CT molecular complexity index is 2750. The van der Waals surface area contributed by atoms with Gasteiger partial charge in [0.2, 0.25) is 0 Å². The summed E-state index contributed by atoms with van der Waals surface area (Å²) in [5.74, 6) is 0. The van der Waals surface area contributed by atoms with E-state index in [1.807, 2.05) is 11.3 Å². The quantitative estimate of drug-likeness (QED) is 0.189. The highest BCUT2D eigenvalue weighted by Gasteiger charge is 2.27. The zero-order chi connectivity index (χ0) is 30.4. The number of hydrogen-bond donors (Lipinski definition) is 0. The standard InChI is InChI=1S/C43H30N2S/c1-43(23-9-2-10-24-43)45-39-15-7-4-12-32(39)35-26-29(18-21-40(35)45)28-17-20-38-34(25-28)31-11-3-6-14-37(31)44(38)30-19-22-42-36(27-30)33-13-5-8-16-41(33)46-42/h2-23,25-27H,24H2,1H3. The Morgan fingerprint density at radius 2 is 1.13 bits per heavy atom. The highest BCUT2D eigenvalue weighted by atomic mass is 32.1. The normalized spacial score (nSPS) is 16.6. The number of rotatable bonds is 3. The molecule has 3 heterocycles. The minimum atomic E-state index is -0.101. The smallest absolute Gasteiger partial charge is 0.0643 e. The molecule has 0 bridgehead atoms. The van der Waals surface area contributed by atoms with Crippen molar-refractivity contribution in [3.63, 3.8) is 0 Å². The number of para-hydroxylation sites is 2. The first-order chi connectivity index (χ1) is 22.7. The minimum Gasteiger partial charge on any atom is -0.331 e. The van der Waals surface area contributed by atoms with Gasteiger partial charge in [0, 0.05) is 58.4 Å². The maximum atomic E-state index is 2.53. The van der Waals surface area contributed by atoms with Gasteiger partial charge < -0.3 is 9.13 Å². The van der Waals surface area contributed by atoms with Crippen molar-refractivity contribution in [1.29, 1.82) is 0 Å². The lowest BCUT2D eigenvalue weighted by Crippen LogP contribution is -2.27. The number of thiophene rings is 1. The van der Waals surface area contributed by atoms with Crippen LogP contribution in [0.25, 0.3) is 80.6 Å². The number of allylic oxidation sites excluding steroid dienone is 4. The van der Waals surface area contributed by atoms with Gasteiger partial charge >= 0.3 is 0 Å². The van der Waals surface area contributed by atoms with Gasteiger partial charge in [-0.1, -0.05) is 91.0 Å². The summed E-state index contributed by atoms with van der Waals surface area (Å²) in [7, 11) is 0. The van der Waals surface area contributed by atoms with Crippen LogP contribution in [0.1, 0.15) is 13.3 Å². The highest BCUT2D eigenvalue weighted by molar-refractivity contribution is 7.25. The van der Waals surface area contributed by atoms with Crippen LogP contribution in [0.2, 0.25) is 0 Å². The molecule has 0 aliphatic heterocycles. The van der Waals surface area contributed by atoms with Gasteiger partial charge in [-0.05, 0) is 85.1 Å². The monoisotopic (exact) mass is 606 g/mol. The molecule has 0 N–H and O–H groups in total. The van der Waals surface area contributed by atoms with Crippen LogP contribution in [0.15, 0.2) is 152 Å². The maximum Gasteiger partial charge on any atom is 0.0643 e. The molecule has 0 amide bonds. The third kappa shape index (κ3) is 3.64. The minimum absolute atomic E-state index is 0.101. The van der Waals surface area contributed by atoms with E-state index in [0.717, 1.165) is 6.42 Å². The fourth-order valence-corrected chi connectivity index (χ4v) is 8.95. The average molecular weight is 607 g/mol. The molecule has 0 saturated carbocycles. The second-order valence-electron chi connectivity index (χ2n) is 12.8. The molecule has 1 aliphatic carbocycles. The van der Waals surface area contributed by atoms with Crippen molar-refractivity contribution < 1.29 is 0 Å². The predicted molar refractivity (Wildman–Crippen MR) is 199 cm³/mol. The van der Waals surface area contributed by atoms with E-state index in [1.165, 1.54) is 80.6 Å². The molecule has 0 radical (unpaired) electrons. The molecule has 1 atom stereocenters. The number of aromatic nitrogens is 2. The van der Waals surface area contributed by atoms with Crippen LogP contribution in [0.4, 0.5) is 0 Å². The van der Waals surface area contributed by atoms with Gasteiger partial charge in [0.25, 0.3) is 0 Å². The lowest BCUT2D eigenvalue weighted by atomic mass is 9.92. The third-order valence-electron chi connectivity index (χ3n) is 10.0. The molecule has 2 nitrogen and oxygen atoms in total. The number of nitrogens with zero attached hydrogens (tertiary/aromatic N) is 2. The second-order valence-corrected chi connectivity index (χ2v) is 13.9. The average Bonchev–Trinajstić information content (AvgIpc) is 3.75. The molecular weight excluding hydrogens is 577 g/mol. The van der Waals surface area contributed by atoms with Crippen LogP contribution in [0.5, 0.6) is 0 Å². The fraction of sp³-hybridized carbons (Fsp3) is 0.0698. The van der Waals surface area contributed by atoms with E-state index < -0.39 is 0 Å². The van der Waals surface area contributed by atoms with Crippen LogP contribution in [-0.2, 0) is 5.54 Å². The maximum absolute atomic E-state index is 2.53. The number of hydrogen-bond acceptors (Lipinski definition) is 1. The largest absolute Gasteiger partial charge is 0.331 e. The van der Waals surface area contributed by atoms with Crippen LogP contribution in [0.3, 0.4) is 0 Å². The molecule has 0 fully saturated rings. The Morgan fingerprint density at radius 1 is 0.522 bits per heavy atom. The van der Waals surface area contributed by atoms with Crippen molar-refractivity contribution in [2.75, 3.05) is 0 Å². The SMILES string of the molecule is CC1(n2c3ccccc3c3cc(-c4ccc5c(c4)c4ccccc4n5-c4ccc5sc6ccccc6c5c4)ccc32)C=CC=CC1. The predicted octanol–water partition coefficient (Wildman–Crippen LogP) is 12.2. The molecule has 0 spiro atoms. The van der Waals surface area contributed by atoms with Gasteiger partial charge in [0.15, 0.2) is 0 Å². The fourth-order valence-electron chi connectivity index (χ4n) is 7.87. The molecule has 9 aromatic rings. The zero-order valence-corrected chi connectivity index (χ0v) is 26.3. The van der Waals surface area contributed by atoms with Gasteiger partial charge in [-0.2, -0.15) is 0 Å². The summed E-state index contributed by atoms with van der Waals surface area (Å²) < 4.78 is 7.63. The third-order valence-corrected chi connectivity index (χ3v) is 11.2. The Hall–Kier alpha value is -5.38. The summed E-state index contributed by atoms with van der Waals surface area (Å²) >= 11 is 1.87. The molecule has 3 aromatic heterocycles. The molecule has 3 heteroatoms. The van der Waals surface area contributed by atoms with Crippen LogP contribution in [0, 0.1) is 0 Å². The summed E-state index contributed by atoms with van der Waals surface area (Å²) in [6.45, 7) is 2.34. The van der Waals surface area contributed by atoms with Gasteiger partial charge in [0.05, 0.1) is 16.6 Å². The van der Waals surface area contributed by atoms with E-state index >= 15 is 0 Å². The molecule has 218 valence electrons. The summed E-state index contributed by atoms with van der Waals surface area (Å²) in [6.07, 6.45) is 9.94. The molecule has 1 aliphatic rings. The van der Waals surface area contributed by atoms with E-state index in [-0.39, 0.29) is 5.54 Å². The summed E-state index contributed by atoms with van der Waals surface area (Å²) in [5.41, 5.74) is 8.60. The van der Waals surface area contributed by atoms with E-state index in [1.54, 1.807) is 0 Å². The molecule has 46 heavy (non-hydrogen) atoms. The molecule has 6 aromatic carbocycles. The van der Waals surface area contributed by atoms with E-state index in [4.69, 9.17) is 0 Å². The molecule has 0 saturated heterocycles. The van der Waals surface area contributed by atoms with Crippen molar-refractivity contribution in [3.05, 3.63) is 152 Å². The van der Waals surface area contributed by atoms with Gasteiger partial charge in [-0.3, -0.25) is 0 Å². The molecular formula is C43H30N2S. The lowest BCUT2D eigenvalue weighted by molar-refractivity contribution is 0.437. The van der Waals surface area contributed by atoms with Crippen molar-refractivity contribution in [3.8, 4) is 16.8 Å². The highest BCUT2D eigenvalue weighted by Crippen LogP contribution is 2.41. The van der Waals surface area contributed by atoms with Crippen LogP contribution < -0.4 is 0 Å². The van der Waals surface area contributed by atoms with E-state index in [9.17, 15) is 0 Å². The van der Waals surface area contributed by atoms with Gasteiger partial charge in [0.1, 0.15) is 0 Å². The van der Waals surface area contributed by atoms with E-state index in [0.29, 0.717) is 0 Å². The Balaban J connectivity index is 1.17. The van der Waals surface area contributed by atoms with Crippen LogP contribution in [-0.4, -0.2) is 9.13 Å². The van der Waals surface area contributed by atoms with Crippen molar-refractivity contribution in [1.82, 2.24) is 9.13 Å². The molecule has 10 rings (SSSR count). The second kappa shape index (κ2) is 9.56. The van der Waals surface area contributed by atoms with Crippen molar-refractivity contribution in [2.24, 2.45) is 0 Å². The first kappa shape index (κ1) is 25.9. The Kier molecular flexibility index (Phi) is 5.38. The van der Waals surface area contributed by atoms with Gasteiger partial charge in [-0.15, -0.1) is 11.3 Å². The Labute approximate surface area is 270 Å². The zero-order valence-electron chi connectivity index (χ0n) is 25.4. The van der Waals surface area contributed by atoms with Crippen molar-refractivity contribution in [2.45, 2.75) is 18.9 Å². The Morgan fingerprint density at radius 3 is 1.91 bits per heavy atom. The van der Waals surface area contributed by atoms with Crippen molar-refractivity contribution >= 4 is 75.1 Å². The first-order valence-corrected chi connectivity index (χ1v) is 16.8. The lowest BCUT2D eigenvalue weighted by Gasteiger charge is -2.31. The molecule has 1 unspecified atom stereocenters. The summed E-state index contributed by atoms with van der Waals surface area (Å²) in [5, 5.41) is 7.80. The first-order valence-electron chi connectivity index (χ1n) is 16.0. The summed E-state index contributed by atoms with van der Waals surface area (Å²) in [4.78, 5) is 0. The van der Waals surface area contributed by atoms with E-state index in [2.05, 4.69) is 168 Å². The van der Waals surface area contributed by atoms with Gasteiger partial charge in [-0.25, -0.2) is 0 Å². The topological polar surface area (TPSA) is 9.86 Å². The number of fused-ring (bicyclic) bond motifs is 9. The number of benzene rings is 6.